The zero-order valence-corrected chi connectivity index (χ0v) is 14.4. The van der Waals surface area contributed by atoms with Gasteiger partial charge in [0.05, 0.1) is 12.8 Å². The second-order valence-electron chi connectivity index (χ2n) is 5.72. The third kappa shape index (κ3) is 5.12. The van der Waals surface area contributed by atoms with Crippen molar-refractivity contribution in [3.05, 3.63) is 60.2 Å². The lowest BCUT2D eigenvalue weighted by molar-refractivity contribution is 0.105. The van der Waals surface area contributed by atoms with Gasteiger partial charge in [0, 0.05) is 31.4 Å². The molecular formula is C19H24N4O2. The molecule has 25 heavy (non-hydrogen) atoms. The second-order valence-corrected chi connectivity index (χ2v) is 5.72. The third-order valence-electron chi connectivity index (χ3n) is 3.84. The zero-order chi connectivity index (χ0) is 17.3. The lowest BCUT2D eigenvalue weighted by Crippen LogP contribution is -2.37. The summed E-state index contributed by atoms with van der Waals surface area (Å²) in [6.07, 6.45) is 2.55. The maximum Gasteiger partial charge on any atom is 0.191 e. The SMILES string of the molecule is CN=C(NCCCOCc1ccco1)NCc1cc2ccccc2[nH]1. The van der Waals surface area contributed by atoms with E-state index < -0.39 is 0 Å². The Morgan fingerprint density at radius 3 is 2.92 bits per heavy atom. The number of aromatic amines is 1. The lowest BCUT2D eigenvalue weighted by Gasteiger charge is -2.11. The van der Waals surface area contributed by atoms with Crippen LogP contribution in [0.5, 0.6) is 0 Å². The van der Waals surface area contributed by atoms with Gasteiger partial charge < -0.3 is 24.8 Å². The number of benzene rings is 1. The van der Waals surface area contributed by atoms with Crippen molar-refractivity contribution in [3.8, 4) is 0 Å². The van der Waals surface area contributed by atoms with E-state index in [4.69, 9.17) is 9.15 Å². The molecule has 0 saturated carbocycles. The number of furan rings is 1. The lowest BCUT2D eigenvalue weighted by atomic mass is 10.2. The van der Waals surface area contributed by atoms with E-state index in [1.807, 2.05) is 24.3 Å². The highest BCUT2D eigenvalue weighted by Crippen LogP contribution is 2.14. The number of aromatic nitrogens is 1. The molecule has 0 aliphatic rings. The maximum atomic E-state index is 5.56. The highest BCUT2D eigenvalue weighted by atomic mass is 16.5. The summed E-state index contributed by atoms with van der Waals surface area (Å²) >= 11 is 0. The van der Waals surface area contributed by atoms with Crippen LogP contribution in [0.25, 0.3) is 10.9 Å². The van der Waals surface area contributed by atoms with Crippen LogP contribution in [0.3, 0.4) is 0 Å². The molecular weight excluding hydrogens is 316 g/mol. The van der Waals surface area contributed by atoms with Crippen LogP contribution in [0.15, 0.2) is 58.1 Å². The average molecular weight is 340 g/mol. The Morgan fingerprint density at radius 1 is 1.20 bits per heavy atom. The van der Waals surface area contributed by atoms with Gasteiger partial charge in [0.2, 0.25) is 0 Å². The van der Waals surface area contributed by atoms with Gasteiger partial charge in [-0.05, 0) is 36.1 Å². The zero-order valence-electron chi connectivity index (χ0n) is 14.4. The molecule has 2 heterocycles. The molecule has 3 rings (SSSR count). The fourth-order valence-corrected chi connectivity index (χ4v) is 2.58. The average Bonchev–Trinajstić information content (AvgIpc) is 3.29. The largest absolute Gasteiger partial charge is 0.467 e. The molecule has 6 nitrogen and oxygen atoms in total. The number of para-hydroxylation sites is 1. The Bertz CT molecular complexity index is 760. The van der Waals surface area contributed by atoms with Crippen LogP contribution in [0.1, 0.15) is 17.9 Å². The highest BCUT2D eigenvalue weighted by molar-refractivity contribution is 5.81. The van der Waals surface area contributed by atoms with Crippen LogP contribution in [-0.4, -0.2) is 31.1 Å². The first-order chi connectivity index (χ1) is 12.3. The Morgan fingerprint density at radius 2 is 2.12 bits per heavy atom. The van der Waals surface area contributed by atoms with Crippen molar-refractivity contribution in [2.45, 2.75) is 19.6 Å². The quantitative estimate of drug-likeness (QED) is 0.335. The van der Waals surface area contributed by atoms with E-state index in [0.717, 1.165) is 35.9 Å². The summed E-state index contributed by atoms with van der Waals surface area (Å²) in [7, 11) is 1.77. The summed E-state index contributed by atoms with van der Waals surface area (Å²) in [5, 5.41) is 7.82. The molecule has 132 valence electrons. The Kier molecular flexibility index (Phi) is 6.11. The van der Waals surface area contributed by atoms with Crippen LogP contribution >= 0.6 is 0 Å². The topological polar surface area (TPSA) is 74.6 Å². The number of guanidine groups is 1. The van der Waals surface area contributed by atoms with E-state index in [2.05, 4.69) is 38.8 Å². The first kappa shape index (κ1) is 17.1. The minimum Gasteiger partial charge on any atom is -0.467 e. The monoisotopic (exact) mass is 340 g/mol. The third-order valence-corrected chi connectivity index (χ3v) is 3.84. The van der Waals surface area contributed by atoms with E-state index in [1.165, 1.54) is 5.39 Å². The summed E-state index contributed by atoms with van der Waals surface area (Å²) < 4.78 is 10.8. The van der Waals surface area contributed by atoms with Crippen LogP contribution < -0.4 is 10.6 Å². The number of H-pyrrole nitrogens is 1. The van der Waals surface area contributed by atoms with E-state index in [9.17, 15) is 0 Å². The molecule has 0 radical (unpaired) electrons. The van der Waals surface area contributed by atoms with Crippen molar-refractivity contribution in [2.75, 3.05) is 20.2 Å². The molecule has 3 N–H and O–H groups in total. The van der Waals surface area contributed by atoms with Crippen molar-refractivity contribution >= 4 is 16.9 Å². The number of hydrogen-bond acceptors (Lipinski definition) is 3. The fourth-order valence-electron chi connectivity index (χ4n) is 2.58. The molecule has 3 aromatic rings. The molecule has 0 bridgehead atoms. The first-order valence-corrected chi connectivity index (χ1v) is 8.46. The van der Waals surface area contributed by atoms with E-state index >= 15 is 0 Å². The summed E-state index contributed by atoms with van der Waals surface area (Å²) in [4.78, 5) is 7.64. The van der Waals surface area contributed by atoms with Gasteiger partial charge in [-0.2, -0.15) is 0 Å². The minimum absolute atomic E-state index is 0.514. The van der Waals surface area contributed by atoms with Crippen LogP contribution in [0.4, 0.5) is 0 Å². The fraction of sp³-hybridized carbons (Fsp3) is 0.316. The number of fused-ring (bicyclic) bond motifs is 1. The van der Waals surface area contributed by atoms with Crippen LogP contribution in [0.2, 0.25) is 0 Å². The van der Waals surface area contributed by atoms with Crippen molar-refractivity contribution in [1.29, 1.82) is 0 Å². The van der Waals surface area contributed by atoms with Gasteiger partial charge in [0.25, 0.3) is 0 Å². The number of nitrogens with one attached hydrogen (secondary N) is 3. The Labute approximate surface area is 147 Å². The minimum atomic E-state index is 0.514. The maximum absolute atomic E-state index is 5.56. The van der Waals surface area contributed by atoms with Gasteiger partial charge in [-0.25, -0.2) is 0 Å². The van der Waals surface area contributed by atoms with Gasteiger partial charge in [0.15, 0.2) is 5.96 Å². The second kappa shape index (κ2) is 8.94. The number of hydrogen-bond donors (Lipinski definition) is 3. The highest BCUT2D eigenvalue weighted by Gasteiger charge is 2.02. The summed E-state index contributed by atoms with van der Waals surface area (Å²) in [5.41, 5.74) is 2.28. The summed E-state index contributed by atoms with van der Waals surface area (Å²) in [6, 6.07) is 14.2. The summed E-state index contributed by atoms with van der Waals surface area (Å²) in [5.74, 6) is 1.63. The van der Waals surface area contributed by atoms with Gasteiger partial charge >= 0.3 is 0 Å². The first-order valence-electron chi connectivity index (χ1n) is 8.46. The van der Waals surface area contributed by atoms with Crippen molar-refractivity contribution in [3.63, 3.8) is 0 Å². The molecule has 0 spiro atoms. The Balaban J connectivity index is 1.33. The molecule has 0 atom stereocenters. The van der Waals surface area contributed by atoms with E-state index in [0.29, 0.717) is 19.8 Å². The van der Waals surface area contributed by atoms with Gasteiger partial charge in [0.1, 0.15) is 12.4 Å². The molecule has 0 saturated heterocycles. The molecule has 2 aromatic heterocycles. The molecule has 1 aromatic carbocycles. The standard InChI is InChI=1S/C19H24N4O2/c1-20-19(21-9-5-10-24-14-17-7-4-11-25-17)22-13-16-12-15-6-2-3-8-18(15)23-16/h2-4,6-8,11-12,23H,5,9-10,13-14H2,1H3,(H2,20,21,22). The molecule has 0 aliphatic carbocycles. The molecule has 0 amide bonds. The van der Waals surface area contributed by atoms with E-state index in [1.54, 1.807) is 13.3 Å². The molecule has 0 unspecified atom stereocenters. The van der Waals surface area contributed by atoms with Crippen molar-refractivity contribution < 1.29 is 9.15 Å². The van der Waals surface area contributed by atoms with Crippen LogP contribution in [-0.2, 0) is 17.9 Å². The normalized spacial score (nSPS) is 11.8. The molecule has 6 heteroatoms. The van der Waals surface area contributed by atoms with Gasteiger partial charge in [-0.3, -0.25) is 4.99 Å². The van der Waals surface area contributed by atoms with Crippen molar-refractivity contribution in [1.82, 2.24) is 15.6 Å². The predicted octanol–water partition coefficient (Wildman–Crippen LogP) is 3.03. The summed E-state index contributed by atoms with van der Waals surface area (Å²) in [6.45, 7) is 2.68. The van der Waals surface area contributed by atoms with Gasteiger partial charge in [-0.15, -0.1) is 0 Å². The number of ether oxygens (including phenoxy) is 1. The predicted molar refractivity (Wildman–Crippen MR) is 99.5 cm³/mol. The Hall–Kier alpha value is -2.73. The van der Waals surface area contributed by atoms with E-state index in [-0.39, 0.29) is 0 Å². The smallest absolute Gasteiger partial charge is 0.191 e. The van der Waals surface area contributed by atoms with Crippen LogP contribution in [0, 0.1) is 0 Å². The number of aliphatic imine (C=N–C) groups is 1. The number of rotatable bonds is 8. The van der Waals surface area contributed by atoms with Gasteiger partial charge in [-0.1, -0.05) is 18.2 Å². The molecule has 0 aliphatic heterocycles. The molecule has 0 fully saturated rings. The number of nitrogens with zero attached hydrogens (tertiary/aromatic N) is 1. The van der Waals surface area contributed by atoms with Crippen molar-refractivity contribution in [2.24, 2.45) is 4.99 Å².